The molecule has 0 saturated carbocycles. The number of nitrogens with zero attached hydrogens (tertiary/aromatic N) is 1. The molecule has 2 amide bonds. The summed E-state index contributed by atoms with van der Waals surface area (Å²) in [5.74, 6) is -2.63. The van der Waals surface area contributed by atoms with Gasteiger partial charge in [-0.25, -0.2) is 15.0 Å². The number of ether oxygens (including phenoxy) is 2. The first-order valence-corrected chi connectivity index (χ1v) is 14.0. The summed E-state index contributed by atoms with van der Waals surface area (Å²) >= 11 is 7.16. The van der Waals surface area contributed by atoms with Crippen LogP contribution in [0.3, 0.4) is 0 Å². The van der Waals surface area contributed by atoms with E-state index in [2.05, 4.69) is 15.8 Å². The monoisotopic (exact) mass is 581 g/mol. The Hall–Kier alpha value is -4.02. The van der Waals surface area contributed by atoms with Gasteiger partial charge >= 0.3 is 23.8 Å². The Labute approximate surface area is 240 Å². The number of hydrogen-bond acceptors (Lipinski definition) is 8. The van der Waals surface area contributed by atoms with Crippen LogP contribution in [0.15, 0.2) is 53.6 Å². The van der Waals surface area contributed by atoms with E-state index in [0.717, 1.165) is 42.5 Å². The molecule has 1 aliphatic carbocycles. The third-order valence-electron chi connectivity index (χ3n) is 6.22. The van der Waals surface area contributed by atoms with Gasteiger partial charge in [-0.2, -0.15) is 5.10 Å². The predicted octanol–water partition coefficient (Wildman–Crippen LogP) is 5.55. The van der Waals surface area contributed by atoms with E-state index < -0.39 is 23.8 Å². The quantitative estimate of drug-likeness (QED) is 0.0942. The third kappa shape index (κ3) is 7.13. The van der Waals surface area contributed by atoms with Crippen LogP contribution in [0.25, 0.3) is 0 Å². The largest absolute Gasteiger partial charge is 0.462 e. The number of hydrogen-bond donors (Lipinski definition) is 2. The summed E-state index contributed by atoms with van der Waals surface area (Å²) in [6.07, 6.45) is 4.57. The molecule has 11 heteroatoms. The number of anilines is 1. The Morgan fingerprint density at radius 3 is 2.27 bits per heavy atom. The molecule has 0 aliphatic heterocycles. The standard InChI is InChI=1S/C29H28ClN3O6S/c1-3-38-29(37)24-22-7-5-4-6-8-23(22)40-27(24)31-25(34)26(35)33-32-17(2)18-11-15-21(16-12-18)39-28(36)19-9-13-20(30)14-10-19/h9-16H,3-8H2,1-2H3,(H,31,34)(H,33,35). The van der Waals surface area contributed by atoms with Crippen molar-refractivity contribution in [3.63, 3.8) is 0 Å². The summed E-state index contributed by atoms with van der Waals surface area (Å²) in [6, 6.07) is 12.9. The maximum atomic E-state index is 12.7. The number of hydrazone groups is 1. The van der Waals surface area contributed by atoms with Gasteiger partial charge in [0.25, 0.3) is 0 Å². The van der Waals surface area contributed by atoms with E-state index in [-0.39, 0.29) is 6.61 Å². The first-order valence-electron chi connectivity index (χ1n) is 12.8. The highest BCUT2D eigenvalue weighted by molar-refractivity contribution is 7.17. The number of carbonyl (C=O) groups is 4. The maximum absolute atomic E-state index is 12.7. The van der Waals surface area contributed by atoms with E-state index in [1.165, 1.54) is 11.3 Å². The Morgan fingerprint density at radius 2 is 1.57 bits per heavy atom. The van der Waals surface area contributed by atoms with Gasteiger partial charge in [0.15, 0.2) is 0 Å². The van der Waals surface area contributed by atoms with Crippen LogP contribution in [-0.4, -0.2) is 36.1 Å². The minimum atomic E-state index is -0.980. The second-order valence-electron chi connectivity index (χ2n) is 9.00. The zero-order valence-electron chi connectivity index (χ0n) is 22.0. The molecule has 4 rings (SSSR count). The fraction of sp³-hybridized carbons (Fsp3) is 0.276. The van der Waals surface area contributed by atoms with Gasteiger partial charge in [0.1, 0.15) is 10.8 Å². The number of rotatable bonds is 7. The number of thiophene rings is 1. The van der Waals surface area contributed by atoms with Gasteiger partial charge in [0.05, 0.1) is 23.4 Å². The Balaban J connectivity index is 1.38. The average molecular weight is 582 g/mol. The summed E-state index contributed by atoms with van der Waals surface area (Å²) in [6.45, 7) is 3.58. The topological polar surface area (TPSA) is 123 Å². The molecule has 2 aromatic carbocycles. The molecule has 2 N–H and O–H groups in total. The maximum Gasteiger partial charge on any atom is 0.343 e. The normalized spacial score (nSPS) is 13.0. The molecule has 3 aromatic rings. The van der Waals surface area contributed by atoms with Gasteiger partial charge < -0.3 is 14.8 Å². The lowest BCUT2D eigenvalue weighted by Gasteiger charge is -2.08. The zero-order chi connectivity index (χ0) is 28.6. The minimum Gasteiger partial charge on any atom is -0.462 e. The van der Waals surface area contributed by atoms with E-state index in [1.54, 1.807) is 62.4 Å². The lowest BCUT2D eigenvalue weighted by atomic mass is 10.1. The molecule has 0 saturated heterocycles. The number of halogens is 1. The van der Waals surface area contributed by atoms with Gasteiger partial charge in [-0.1, -0.05) is 18.0 Å². The predicted molar refractivity (Wildman–Crippen MR) is 153 cm³/mol. The number of benzene rings is 2. The van der Waals surface area contributed by atoms with Crippen LogP contribution >= 0.6 is 22.9 Å². The average Bonchev–Trinajstić information content (AvgIpc) is 3.12. The smallest absolute Gasteiger partial charge is 0.343 e. The molecule has 0 spiro atoms. The summed E-state index contributed by atoms with van der Waals surface area (Å²) in [5.41, 5.74) is 4.90. The van der Waals surface area contributed by atoms with Crippen molar-refractivity contribution >= 4 is 57.4 Å². The Kier molecular flexibility index (Phi) is 9.68. The SMILES string of the molecule is CCOC(=O)c1c(NC(=O)C(=O)NN=C(C)c2ccc(OC(=O)c3ccc(Cl)cc3)cc2)sc2c1CCCCC2. The van der Waals surface area contributed by atoms with Gasteiger partial charge in [-0.05, 0) is 99.2 Å². The number of fused-ring (bicyclic) bond motifs is 1. The molecule has 9 nitrogen and oxygen atoms in total. The van der Waals surface area contributed by atoms with Crippen LogP contribution in [0.2, 0.25) is 5.02 Å². The van der Waals surface area contributed by atoms with Crippen LogP contribution < -0.4 is 15.5 Å². The van der Waals surface area contributed by atoms with Crippen LogP contribution in [0.4, 0.5) is 5.00 Å². The van der Waals surface area contributed by atoms with Crippen molar-refractivity contribution in [2.75, 3.05) is 11.9 Å². The van der Waals surface area contributed by atoms with E-state index in [0.29, 0.717) is 38.2 Å². The lowest BCUT2D eigenvalue weighted by Crippen LogP contribution is -2.33. The van der Waals surface area contributed by atoms with Crippen molar-refractivity contribution < 1.29 is 28.7 Å². The third-order valence-corrected chi connectivity index (χ3v) is 7.68. The fourth-order valence-corrected chi connectivity index (χ4v) is 5.57. The summed E-state index contributed by atoms with van der Waals surface area (Å²) < 4.78 is 10.6. The van der Waals surface area contributed by atoms with Crippen LogP contribution in [-0.2, 0) is 27.2 Å². The summed E-state index contributed by atoms with van der Waals surface area (Å²) in [7, 11) is 0. The zero-order valence-corrected chi connectivity index (χ0v) is 23.6. The molecule has 1 aromatic heterocycles. The van der Waals surface area contributed by atoms with Crippen molar-refractivity contribution in [2.24, 2.45) is 5.10 Å². The van der Waals surface area contributed by atoms with Crippen LogP contribution in [0.5, 0.6) is 5.75 Å². The van der Waals surface area contributed by atoms with Gasteiger partial charge in [0, 0.05) is 9.90 Å². The molecule has 208 valence electrons. The second-order valence-corrected chi connectivity index (χ2v) is 10.5. The molecule has 0 fully saturated rings. The number of nitrogens with one attached hydrogen (secondary N) is 2. The van der Waals surface area contributed by atoms with Crippen molar-refractivity contribution in [1.82, 2.24) is 5.43 Å². The van der Waals surface area contributed by atoms with Crippen LogP contribution in [0.1, 0.15) is 69.8 Å². The van der Waals surface area contributed by atoms with Crippen molar-refractivity contribution in [3.8, 4) is 5.75 Å². The van der Waals surface area contributed by atoms with Crippen LogP contribution in [0, 0.1) is 0 Å². The number of carbonyl (C=O) groups excluding carboxylic acids is 4. The van der Waals surface area contributed by atoms with E-state index >= 15 is 0 Å². The highest BCUT2D eigenvalue weighted by atomic mass is 35.5. The summed E-state index contributed by atoms with van der Waals surface area (Å²) in [4.78, 5) is 51.2. The van der Waals surface area contributed by atoms with E-state index in [1.807, 2.05) is 0 Å². The second kappa shape index (κ2) is 13.4. The first-order chi connectivity index (χ1) is 19.3. The van der Waals surface area contributed by atoms with Gasteiger partial charge in [-0.15, -0.1) is 11.3 Å². The lowest BCUT2D eigenvalue weighted by molar-refractivity contribution is -0.136. The first kappa shape index (κ1) is 29.0. The molecule has 40 heavy (non-hydrogen) atoms. The Bertz CT molecular complexity index is 1450. The molecular weight excluding hydrogens is 554 g/mol. The van der Waals surface area contributed by atoms with Gasteiger partial charge in [0.2, 0.25) is 0 Å². The van der Waals surface area contributed by atoms with Crippen molar-refractivity contribution in [3.05, 3.63) is 80.7 Å². The highest BCUT2D eigenvalue weighted by Crippen LogP contribution is 2.38. The number of esters is 2. The molecular formula is C29H28ClN3O6S. The van der Waals surface area contributed by atoms with Gasteiger partial charge in [-0.3, -0.25) is 9.59 Å². The number of aryl methyl sites for hydroxylation is 1. The molecule has 1 aliphatic rings. The Morgan fingerprint density at radius 1 is 0.900 bits per heavy atom. The fourth-order valence-electron chi connectivity index (χ4n) is 4.18. The molecule has 0 unspecified atom stereocenters. The van der Waals surface area contributed by atoms with Crippen molar-refractivity contribution in [2.45, 2.75) is 46.0 Å². The minimum absolute atomic E-state index is 0.205. The highest BCUT2D eigenvalue weighted by Gasteiger charge is 2.28. The van der Waals surface area contributed by atoms with Crippen molar-refractivity contribution in [1.29, 1.82) is 0 Å². The molecule has 0 atom stereocenters. The molecule has 0 radical (unpaired) electrons. The summed E-state index contributed by atoms with van der Waals surface area (Å²) in [5, 5.41) is 7.42. The molecule has 0 bridgehead atoms. The van der Waals surface area contributed by atoms with E-state index in [4.69, 9.17) is 21.1 Å². The molecule has 1 heterocycles. The van der Waals surface area contributed by atoms with E-state index in [9.17, 15) is 19.2 Å². The number of amides is 2.